The first-order chi connectivity index (χ1) is 11.9. The van der Waals surface area contributed by atoms with Gasteiger partial charge in [-0.3, -0.25) is 9.59 Å². The summed E-state index contributed by atoms with van der Waals surface area (Å²) in [6, 6.07) is 5.31. The zero-order valence-corrected chi connectivity index (χ0v) is 14.6. The SMILES string of the molecule is CCC[C@](C)(O)CNC(=O)[C@H]1CC(=O)N(c2ccc3c(c2)OCO3)C1. The first-order valence-electron chi connectivity index (χ1n) is 8.60. The van der Waals surface area contributed by atoms with Gasteiger partial charge < -0.3 is 24.8 Å². The molecule has 2 N–H and O–H groups in total. The minimum absolute atomic E-state index is 0.0978. The molecule has 0 aromatic heterocycles. The molecule has 1 fully saturated rings. The third-order valence-electron chi connectivity index (χ3n) is 4.60. The lowest BCUT2D eigenvalue weighted by molar-refractivity contribution is -0.127. The number of benzene rings is 1. The molecule has 2 atom stereocenters. The predicted octanol–water partition coefficient (Wildman–Crippen LogP) is 1.44. The Morgan fingerprint density at radius 1 is 1.40 bits per heavy atom. The molecule has 0 spiro atoms. The molecule has 25 heavy (non-hydrogen) atoms. The van der Waals surface area contributed by atoms with Gasteiger partial charge in [0, 0.05) is 31.3 Å². The smallest absolute Gasteiger partial charge is 0.231 e. The monoisotopic (exact) mass is 348 g/mol. The summed E-state index contributed by atoms with van der Waals surface area (Å²) in [5.74, 6) is 0.541. The largest absolute Gasteiger partial charge is 0.454 e. The van der Waals surface area contributed by atoms with E-state index in [1.54, 1.807) is 30.0 Å². The average molecular weight is 348 g/mol. The maximum Gasteiger partial charge on any atom is 0.231 e. The average Bonchev–Trinajstić information content (AvgIpc) is 3.18. The van der Waals surface area contributed by atoms with Crippen LogP contribution in [0, 0.1) is 5.92 Å². The van der Waals surface area contributed by atoms with Crippen molar-refractivity contribution >= 4 is 17.5 Å². The minimum atomic E-state index is -0.927. The Labute approximate surface area is 146 Å². The number of rotatable bonds is 6. The molecule has 0 aliphatic carbocycles. The summed E-state index contributed by atoms with van der Waals surface area (Å²) >= 11 is 0. The summed E-state index contributed by atoms with van der Waals surface area (Å²) in [5, 5.41) is 12.9. The molecule has 136 valence electrons. The van der Waals surface area contributed by atoms with E-state index in [1.165, 1.54) is 0 Å². The highest BCUT2D eigenvalue weighted by Crippen LogP contribution is 2.37. The van der Waals surface area contributed by atoms with Gasteiger partial charge in [-0.15, -0.1) is 0 Å². The lowest BCUT2D eigenvalue weighted by Gasteiger charge is -2.24. The fourth-order valence-corrected chi connectivity index (χ4v) is 3.23. The fraction of sp³-hybridized carbons (Fsp3) is 0.556. The number of anilines is 1. The van der Waals surface area contributed by atoms with E-state index in [-0.39, 0.29) is 31.6 Å². The quantitative estimate of drug-likeness (QED) is 0.812. The van der Waals surface area contributed by atoms with Crippen molar-refractivity contribution in [3.63, 3.8) is 0 Å². The molecule has 7 heteroatoms. The fourth-order valence-electron chi connectivity index (χ4n) is 3.23. The van der Waals surface area contributed by atoms with Crippen LogP contribution in [0.3, 0.4) is 0 Å². The molecule has 3 rings (SSSR count). The van der Waals surface area contributed by atoms with Crippen LogP contribution in [0.1, 0.15) is 33.1 Å². The lowest BCUT2D eigenvalue weighted by atomic mass is 10.00. The Morgan fingerprint density at radius 3 is 2.92 bits per heavy atom. The molecular weight excluding hydrogens is 324 g/mol. The summed E-state index contributed by atoms with van der Waals surface area (Å²) in [7, 11) is 0. The van der Waals surface area contributed by atoms with Crippen LogP contribution in [0.4, 0.5) is 5.69 Å². The van der Waals surface area contributed by atoms with Crippen LogP contribution in [-0.2, 0) is 9.59 Å². The van der Waals surface area contributed by atoms with Gasteiger partial charge in [-0.2, -0.15) is 0 Å². The van der Waals surface area contributed by atoms with Crippen LogP contribution >= 0.6 is 0 Å². The standard InChI is InChI=1S/C18H24N2O5/c1-3-6-18(2,23)10-19-17(22)12-7-16(21)20(9-12)13-4-5-14-15(8-13)25-11-24-14/h4-5,8,12,23H,3,6-7,9-11H2,1-2H3,(H,19,22)/t12-,18-/m0/s1. The van der Waals surface area contributed by atoms with E-state index in [9.17, 15) is 14.7 Å². The summed E-state index contributed by atoms with van der Waals surface area (Å²) in [6.45, 7) is 4.37. The number of nitrogens with zero attached hydrogens (tertiary/aromatic N) is 1. The van der Waals surface area contributed by atoms with E-state index < -0.39 is 11.5 Å². The summed E-state index contributed by atoms with van der Waals surface area (Å²) in [6.07, 6.45) is 1.61. The van der Waals surface area contributed by atoms with Crippen LogP contribution in [0.15, 0.2) is 18.2 Å². The molecule has 0 unspecified atom stereocenters. The second-order valence-electron chi connectivity index (χ2n) is 6.91. The van der Waals surface area contributed by atoms with Crippen molar-refractivity contribution in [2.45, 2.75) is 38.7 Å². The van der Waals surface area contributed by atoms with Crippen molar-refractivity contribution in [1.82, 2.24) is 5.32 Å². The molecule has 2 aliphatic rings. The van der Waals surface area contributed by atoms with Gasteiger partial charge in [-0.25, -0.2) is 0 Å². The van der Waals surface area contributed by atoms with Crippen molar-refractivity contribution in [3.8, 4) is 11.5 Å². The molecule has 2 heterocycles. The number of hydrogen-bond donors (Lipinski definition) is 2. The number of nitrogens with one attached hydrogen (secondary N) is 1. The Kier molecular flexibility index (Phi) is 4.85. The normalized spacial score (nSPS) is 21.3. The molecule has 2 aliphatic heterocycles. The van der Waals surface area contributed by atoms with Crippen LogP contribution in [0.5, 0.6) is 11.5 Å². The van der Waals surface area contributed by atoms with Gasteiger partial charge in [0.2, 0.25) is 18.6 Å². The number of aliphatic hydroxyl groups is 1. The maximum atomic E-state index is 12.4. The molecule has 1 aromatic rings. The van der Waals surface area contributed by atoms with Crippen molar-refractivity contribution < 1.29 is 24.2 Å². The van der Waals surface area contributed by atoms with E-state index in [0.29, 0.717) is 30.2 Å². The van der Waals surface area contributed by atoms with Gasteiger partial charge in [0.1, 0.15) is 0 Å². The second kappa shape index (κ2) is 6.92. The van der Waals surface area contributed by atoms with Gasteiger partial charge in [0.25, 0.3) is 0 Å². The third-order valence-corrected chi connectivity index (χ3v) is 4.60. The molecule has 2 amide bonds. The van der Waals surface area contributed by atoms with Crippen LogP contribution in [0.25, 0.3) is 0 Å². The van der Waals surface area contributed by atoms with Crippen molar-refractivity contribution in [1.29, 1.82) is 0 Å². The molecule has 1 saturated heterocycles. The van der Waals surface area contributed by atoms with Gasteiger partial charge in [0.05, 0.1) is 11.5 Å². The van der Waals surface area contributed by atoms with E-state index in [1.807, 2.05) is 6.92 Å². The highest BCUT2D eigenvalue weighted by Gasteiger charge is 2.36. The molecule has 0 bridgehead atoms. The molecule has 0 radical (unpaired) electrons. The van der Waals surface area contributed by atoms with Crippen LogP contribution < -0.4 is 19.7 Å². The number of hydrogen-bond acceptors (Lipinski definition) is 5. The number of amides is 2. The first kappa shape index (κ1) is 17.5. The van der Waals surface area contributed by atoms with E-state index in [0.717, 1.165) is 6.42 Å². The predicted molar refractivity (Wildman–Crippen MR) is 91.6 cm³/mol. The summed E-state index contributed by atoms with van der Waals surface area (Å²) in [4.78, 5) is 26.3. The molecular formula is C18H24N2O5. The highest BCUT2D eigenvalue weighted by molar-refractivity contribution is 6.00. The Morgan fingerprint density at radius 2 is 2.16 bits per heavy atom. The third kappa shape index (κ3) is 3.87. The highest BCUT2D eigenvalue weighted by atomic mass is 16.7. The zero-order valence-electron chi connectivity index (χ0n) is 14.6. The number of carbonyl (C=O) groups is 2. The van der Waals surface area contributed by atoms with Crippen LogP contribution in [-0.4, -0.2) is 42.4 Å². The minimum Gasteiger partial charge on any atom is -0.454 e. The summed E-state index contributed by atoms with van der Waals surface area (Å²) < 4.78 is 10.6. The lowest BCUT2D eigenvalue weighted by Crippen LogP contribution is -2.43. The number of fused-ring (bicyclic) bond motifs is 1. The van der Waals surface area contributed by atoms with Gasteiger partial charge in [0.15, 0.2) is 11.5 Å². The van der Waals surface area contributed by atoms with Crippen molar-refractivity contribution in [2.24, 2.45) is 5.92 Å². The Bertz CT molecular complexity index is 673. The molecule has 0 saturated carbocycles. The zero-order chi connectivity index (χ0) is 18.0. The Balaban J connectivity index is 1.61. The summed E-state index contributed by atoms with van der Waals surface area (Å²) in [5.41, 5.74) is -0.230. The van der Waals surface area contributed by atoms with Gasteiger partial charge in [-0.1, -0.05) is 13.3 Å². The maximum absolute atomic E-state index is 12.4. The van der Waals surface area contributed by atoms with Gasteiger partial charge in [-0.05, 0) is 25.5 Å². The molecule has 7 nitrogen and oxygen atoms in total. The van der Waals surface area contributed by atoms with E-state index in [2.05, 4.69) is 5.32 Å². The first-order valence-corrected chi connectivity index (χ1v) is 8.60. The second-order valence-corrected chi connectivity index (χ2v) is 6.91. The van der Waals surface area contributed by atoms with E-state index >= 15 is 0 Å². The number of carbonyl (C=O) groups excluding carboxylic acids is 2. The molecule has 1 aromatic carbocycles. The topological polar surface area (TPSA) is 88.1 Å². The van der Waals surface area contributed by atoms with E-state index in [4.69, 9.17) is 9.47 Å². The Hall–Kier alpha value is -2.28. The van der Waals surface area contributed by atoms with Gasteiger partial charge >= 0.3 is 0 Å². The number of ether oxygens (including phenoxy) is 2. The van der Waals surface area contributed by atoms with Crippen LogP contribution in [0.2, 0.25) is 0 Å². The van der Waals surface area contributed by atoms with Crippen molar-refractivity contribution in [3.05, 3.63) is 18.2 Å². The van der Waals surface area contributed by atoms with Crippen molar-refractivity contribution in [2.75, 3.05) is 24.8 Å².